The van der Waals surface area contributed by atoms with Crippen LogP contribution in [0.15, 0.2) is 35.9 Å². The molecule has 0 spiro atoms. The van der Waals surface area contributed by atoms with Crippen molar-refractivity contribution in [3.05, 3.63) is 64.0 Å². The molecule has 0 aliphatic carbocycles. The second-order valence-corrected chi connectivity index (χ2v) is 6.10. The monoisotopic (exact) mass is 420 g/mol. The minimum atomic E-state index is -5.04. The van der Waals surface area contributed by atoms with Crippen LogP contribution in [0.4, 0.5) is 30.7 Å². The van der Waals surface area contributed by atoms with Gasteiger partial charge in [-0.25, -0.2) is 4.39 Å². The summed E-state index contributed by atoms with van der Waals surface area (Å²) in [6.07, 6.45) is -8.22. The molecule has 29 heavy (non-hydrogen) atoms. The zero-order valence-electron chi connectivity index (χ0n) is 14.3. The van der Waals surface area contributed by atoms with Gasteiger partial charge in [-0.05, 0) is 18.2 Å². The Morgan fingerprint density at radius 2 is 1.76 bits per heavy atom. The fraction of sp³-hybridized carbons (Fsp3) is 0.211. The largest absolute Gasteiger partial charge is 0.489 e. The minimum Gasteiger partial charge on any atom is -0.489 e. The first kappa shape index (κ1) is 20.7. The van der Waals surface area contributed by atoms with E-state index in [9.17, 15) is 35.5 Å². The van der Waals surface area contributed by atoms with Crippen LogP contribution in [0.5, 0.6) is 11.5 Å². The molecule has 0 bridgehead atoms. The summed E-state index contributed by atoms with van der Waals surface area (Å²) in [6, 6.07) is 3.27. The van der Waals surface area contributed by atoms with E-state index >= 15 is 0 Å². The number of ether oxygens (including phenoxy) is 2. The molecular formula is C19H11F7O3. The third kappa shape index (κ3) is 4.52. The third-order valence-electron chi connectivity index (χ3n) is 4.08. The molecule has 0 saturated carbocycles. The van der Waals surface area contributed by atoms with Gasteiger partial charge in [0.1, 0.15) is 36.8 Å². The van der Waals surface area contributed by atoms with E-state index < -0.39 is 41.5 Å². The fourth-order valence-electron chi connectivity index (χ4n) is 2.67. The molecule has 2 aromatic carbocycles. The van der Waals surface area contributed by atoms with Crippen LogP contribution in [-0.2, 0) is 23.8 Å². The highest BCUT2D eigenvalue weighted by molar-refractivity contribution is 5.84. The molecule has 0 fully saturated rings. The lowest BCUT2D eigenvalue weighted by Gasteiger charge is -2.18. The van der Waals surface area contributed by atoms with Gasteiger partial charge in [-0.2, -0.15) is 26.3 Å². The molecule has 0 atom stereocenters. The zero-order valence-corrected chi connectivity index (χ0v) is 14.3. The topological polar surface area (TPSA) is 35.5 Å². The molecule has 1 aliphatic rings. The van der Waals surface area contributed by atoms with Crippen LogP contribution < -0.4 is 9.47 Å². The summed E-state index contributed by atoms with van der Waals surface area (Å²) in [6.45, 7) is -0.864. The Kier molecular flexibility index (Phi) is 5.29. The summed E-state index contributed by atoms with van der Waals surface area (Å²) in [7, 11) is 0. The highest BCUT2D eigenvalue weighted by atomic mass is 19.4. The second kappa shape index (κ2) is 7.41. The maximum absolute atomic E-state index is 14.2. The number of carbonyl (C=O) groups is 1. The number of alkyl halides is 6. The Morgan fingerprint density at radius 1 is 1.03 bits per heavy atom. The van der Waals surface area contributed by atoms with Crippen molar-refractivity contribution in [1.29, 1.82) is 0 Å². The van der Waals surface area contributed by atoms with Crippen molar-refractivity contribution >= 4 is 12.4 Å². The normalized spacial score (nSPS) is 14.0. The molecular weight excluding hydrogens is 409 g/mol. The van der Waals surface area contributed by atoms with Crippen molar-refractivity contribution < 1.29 is 45.0 Å². The zero-order chi connectivity index (χ0) is 21.4. The number of fused-ring (bicyclic) bond motifs is 1. The first-order valence-corrected chi connectivity index (χ1v) is 8.01. The van der Waals surface area contributed by atoms with Crippen molar-refractivity contribution in [2.24, 2.45) is 0 Å². The molecule has 3 nitrogen and oxygen atoms in total. The predicted molar refractivity (Wildman–Crippen MR) is 86.7 cm³/mol. The molecule has 10 heteroatoms. The molecule has 154 valence electrons. The van der Waals surface area contributed by atoms with Crippen molar-refractivity contribution in [3.63, 3.8) is 0 Å². The molecule has 0 saturated heterocycles. The van der Waals surface area contributed by atoms with Gasteiger partial charge >= 0.3 is 12.4 Å². The Hall–Kier alpha value is -3.04. The van der Waals surface area contributed by atoms with E-state index in [1.807, 2.05) is 0 Å². The quantitative estimate of drug-likeness (QED) is 0.490. The summed E-state index contributed by atoms with van der Waals surface area (Å²) >= 11 is 0. The molecule has 1 aliphatic heterocycles. The lowest BCUT2D eigenvalue weighted by Crippen LogP contribution is -2.14. The summed E-state index contributed by atoms with van der Waals surface area (Å²) in [5.74, 6) is -0.994. The summed E-state index contributed by atoms with van der Waals surface area (Å²) in [5, 5.41) is 0. The first-order chi connectivity index (χ1) is 13.5. The molecule has 0 radical (unpaired) electrons. The van der Waals surface area contributed by atoms with Crippen molar-refractivity contribution in [2.75, 3.05) is 6.61 Å². The fourth-order valence-corrected chi connectivity index (χ4v) is 2.67. The number of halogens is 7. The van der Waals surface area contributed by atoms with E-state index in [1.54, 1.807) is 0 Å². The van der Waals surface area contributed by atoms with Crippen molar-refractivity contribution in [3.8, 4) is 11.5 Å². The number of rotatable bonds is 4. The van der Waals surface area contributed by atoms with Crippen LogP contribution in [0.2, 0.25) is 0 Å². The number of hydrogen-bond acceptors (Lipinski definition) is 3. The molecule has 1 heterocycles. The van der Waals surface area contributed by atoms with Gasteiger partial charge in [-0.1, -0.05) is 6.07 Å². The highest BCUT2D eigenvalue weighted by Gasteiger charge is 2.38. The van der Waals surface area contributed by atoms with E-state index in [0.29, 0.717) is 18.4 Å². The molecule has 3 rings (SSSR count). The van der Waals surface area contributed by atoms with Crippen molar-refractivity contribution in [2.45, 2.75) is 19.0 Å². The second-order valence-electron chi connectivity index (χ2n) is 6.10. The lowest BCUT2D eigenvalue weighted by molar-refractivity contribution is -0.143. The number of carbonyl (C=O) groups excluding carboxylic acids is 1. The maximum Gasteiger partial charge on any atom is 0.416 e. The third-order valence-corrected chi connectivity index (χ3v) is 4.08. The van der Waals surface area contributed by atoms with E-state index in [1.165, 1.54) is 12.1 Å². The average molecular weight is 420 g/mol. The number of benzene rings is 2. The Balaban J connectivity index is 1.88. The van der Waals surface area contributed by atoms with Gasteiger partial charge in [0.2, 0.25) is 0 Å². The summed E-state index contributed by atoms with van der Waals surface area (Å²) in [5.41, 5.74) is -3.31. The Bertz CT molecular complexity index is 975. The van der Waals surface area contributed by atoms with Crippen LogP contribution >= 0.6 is 0 Å². The molecule has 2 aromatic rings. The molecule has 0 aromatic heterocycles. The Morgan fingerprint density at radius 3 is 2.38 bits per heavy atom. The summed E-state index contributed by atoms with van der Waals surface area (Å²) < 4.78 is 102. The lowest BCUT2D eigenvalue weighted by atomic mass is 10.0. The Labute approximate surface area is 159 Å². The molecule has 0 unspecified atom stereocenters. The van der Waals surface area contributed by atoms with Gasteiger partial charge in [-0.15, -0.1) is 0 Å². The molecule has 0 N–H and O–H groups in total. The number of hydrogen-bond donors (Lipinski definition) is 0. The SMILES string of the molecule is O=CC1=Cc2c(F)cc(OCc3ccc(C(F)(F)F)cc3C(F)(F)F)cc2OC1. The average Bonchev–Trinajstić information content (AvgIpc) is 2.64. The van der Waals surface area contributed by atoms with E-state index in [4.69, 9.17) is 9.47 Å². The van der Waals surface area contributed by atoms with Gasteiger partial charge in [0.25, 0.3) is 0 Å². The van der Waals surface area contributed by atoms with Crippen LogP contribution in [0.1, 0.15) is 22.3 Å². The minimum absolute atomic E-state index is 0.000988. The van der Waals surface area contributed by atoms with E-state index in [-0.39, 0.29) is 35.3 Å². The van der Waals surface area contributed by atoms with Gasteiger partial charge in [0.05, 0.1) is 16.7 Å². The van der Waals surface area contributed by atoms with Crippen LogP contribution in [-0.4, -0.2) is 12.9 Å². The standard InChI is InChI=1S/C19H11F7O3/c20-16-5-13(6-17-14(16)3-10(7-27)8-29-17)28-9-11-1-2-12(18(21,22)23)4-15(11)19(24,25)26/h1-7H,8-9H2. The van der Waals surface area contributed by atoms with Crippen LogP contribution in [0.3, 0.4) is 0 Å². The van der Waals surface area contributed by atoms with Gasteiger partial charge in [-0.3, -0.25) is 4.79 Å². The van der Waals surface area contributed by atoms with Crippen molar-refractivity contribution in [1.82, 2.24) is 0 Å². The van der Waals surface area contributed by atoms with E-state index in [2.05, 4.69) is 0 Å². The first-order valence-electron chi connectivity index (χ1n) is 8.01. The van der Waals surface area contributed by atoms with Crippen LogP contribution in [0, 0.1) is 5.82 Å². The van der Waals surface area contributed by atoms with E-state index in [0.717, 1.165) is 6.07 Å². The maximum atomic E-state index is 14.2. The highest BCUT2D eigenvalue weighted by Crippen LogP contribution is 2.38. The van der Waals surface area contributed by atoms with Gasteiger partial charge < -0.3 is 9.47 Å². The predicted octanol–water partition coefficient (Wildman–Crippen LogP) is 5.42. The number of aldehydes is 1. The van der Waals surface area contributed by atoms with Gasteiger partial charge in [0.15, 0.2) is 0 Å². The van der Waals surface area contributed by atoms with Crippen LogP contribution in [0.25, 0.3) is 6.08 Å². The summed E-state index contributed by atoms with van der Waals surface area (Å²) in [4.78, 5) is 10.7. The smallest absolute Gasteiger partial charge is 0.416 e. The molecule has 0 amide bonds. The van der Waals surface area contributed by atoms with Gasteiger partial charge in [0, 0.05) is 23.3 Å².